The highest BCUT2D eigenvalue weighted by Crippen LogP contribution is 2.12. The summed E-state index contributed by atoms with van der Waals surface area (Å²) in [7, 11) is 0. The summed E-state index contributed by atoms with van der Waals surface area (Å²) in [6.45, 7) is 11.3. The van der Waals surface area contributed by atoms with Crippen LogP contribution in [0, 0.1) is 11.8 Å². The van der Waals surface area contributed by atoms with Crippen LogP contribution in [0.1, 0.15) is 118 Å². The maximum Gasteiger partial charge on any atom is 0.307 e. The van der Waals surface area contributed by atoms with Gasteiger partial charge in [0.25, 0.3) is 0 Å². The third kappa shape index (κ3) is 24.3. The van der Waals surface area contributed by atoms with Crippen molar-refractivity contribution in [1.82, 2.24) is 3.11 Å². The molecule has 0 aromatic rings. The first-order valence-electron chi connectivity index (χ1n) is 13.0. The van der Waals surface area contributed by atoms with E-state index in [9.17, 15) is 9.59 Å². The van der Waals surface area contributed by atoms with Crippen LogP contribution in [0.2, 0.25) is 0 Å². The first-order chi connectivity index (χ1) is 15.3. The van der Waals surface area contributed by atoms with Crippen LogP contribution < -0.4 is 0 Å². The predicted octanol–water partition coefficient (Wildman–Crippen LogP) is 7.50. The van der Waals surface area contributed by atoms with Crippen molar-refractivity contribution in [2.45, 2.75) is 118 Å². The van der Waals surface area contributed by atoms with Gasteiger partial charge in [0.05, 0.1) is 26.1 Å². The van der Waals surface area contributed by atoms with E-state index in [4.69, 9.17) is 9.47 Å². The molecule has 0 rings (SSSR count). The van der Waals surface area contributed by atoms with Gasteiger partial charge < -0.3 is 9.47 Å². The Bertz CT molecular complexity index is 417. The maximum atomic E-state index is 11.9. The summed E-state index contributed by atoms with van der Waals surface area (Å²) < 4.78 is 12.6. The molecule has 0 aliphatic carbocycles. The van der Waals surface area contributed by atoms with Crippen molar-refractivity contribution in [3.63, 3.8) is 0 Å². The van der Waals surface area contributed by atoms with Gasteiger partial charge in [-0.1, -0.05) is 91.9 Å². The molecular formula is C26H50INO4. The fraction of sp³-hybridized carbons (Fsp3) is 0.923. The van der Waals surface area contributed by atoms with E-state index in [-0.39, 0.29) is 11.9 Å². The summed E-state index contributed by atoms with van der Waals surface area (Å²) in [4.78, 5) is 23.7. The minimum absolute atomic E-state index is 0.151. The summed E-state index contributed by atoms with van der Waals surface area (Å²) >= 11 is 2.16. The molecule has 0 heterocycles. The van der Waals surface area contributed by atoms with Crippen LogP contribution >= 0.6 is 22.9 Å². The van der Waals surface area contributed by atoms with Crippen molar-refractivity contribution in [2.24, 2.45) is 11.8 Å². The van der Waals surface area contributed by atoms with Gasteiger partial charge in [0, 0.05) is 36.0 Å². The first kappa shape index (κ1) is 31.6. The molecule has 0 radical (unpaired) electrons. The number of carbonyl (C=O) groups excluding carboxylic acids is 2. The van der Waals surface area contributed by atoms with E-state index in [0.29, 0.717) is 39.1 Å². The largest absolute Gasteiger partial charge is 0.466 e. The fourth-order valence-corrected chi connectivity index (χ4v) is 3.91. The Morgan fingerprint density at radius 1 is 0.625 bits per heavy atom. The van der Waals surface area contributed by atoms with Gasteiger partial charge in [-0.3, -0.25) is 9.59 Å². The number of hydrogen-bond donors (Lipinski definition) is 0. The molecule has 32 heavy (non-hydrogen) atoms. The van der Waals surface area contributed by atoms with Crippen molar-refractivity contribution in [3.8, 4) is 0 Å². The lowest BCUT2D eigenvalue weighted by Crippen LogP contribution is -2.21. The Hall–Kier alpha value is -0.370. The van der Waals surface area contributed by atoms with E-state index >= 15 is 0 Å². The fourth-order valence-electron chi connectivity index (χ4n) is 3.42. The van der Waals surface area contributed by atoms with Gasteiger partial charge in [-0.2, -0.15) is 0 Å². The lowest BCUT2D eigenvalue weighted by Gasteiger charge is -2.13. The third-order valence-electron chi connectivity index (χ3n) is 5.49. The molecule has 5 nitrogen and oxygen atoms in total. The lowest BCUT2D eigenvalue weighted by atomic mass is 10.0. The van der Waals surface area contributed by atoms with Gasteiger partial charge in [0.2, 0.25) is 0 Å². The quantitative estimate of drug-likeness (QED) is 0.0587. The van der Waals surface area contributed by atoms with E-state index < -0.39 is 0 Å². The Morgan fingerprint density at radius 2 is 0.969 bits per heavy atom. The van der Waals surface area contributed by atoms with Crippen molar-refractivity contribution in [2.75, 3.05) is 26.3 Å². The normalized spacial score (nSPS) is 11.5. The Kier molecular flexibility index (Phi) is 22.2. The zero-order valence-electron chi connectivity index (χ0n) is 21.3. The smallest absolute Gasteiger partial charge is 0.307 e. The van der Waals surface area contributed by atoms with Gasteiger partial charge in [-0.25, -0.2) is 3.11 Å². The summed E-state index contributed by atoms with van der Waals surface area (Å²) in [5.41, 5.74) is 0. The molecule has 0 unspecified atom stereocenters. The Morgan fingerprint density at radius 3 is 1.34 bits per heavy atom. The molecule has 0 fully saturated rings. The molecule has 0 spiro atoms. The molecule has 0 aromatic heterocycles. The third-order valence-corrected chi connectivity index (χ3v) is 6.46. The van der Waals surface area contributed by atoms with Gasteiger partial charge in [0.1, 0.15) is 0 Å². The molecule has 6 heteroatoms. The Balaban J connectivity index is 3.48. The SMILES string of the molecule is CC(C)CCCCCCCOC(=O)CCN(I)CCC(=O)OCCCCCCCC(C)C. The Labute approximate surface area is 212 Å². The summed E-state index contributed by atoms with van der Waals surface area (Å²) in [5, 5.41) is 0. The van der Waals surface area contributed by atoms with E-state index in [1.165, 1.54) is 51.4 Å². The van der Waals surface area contributed by atoms with Crippen LogP contribution in [0.25, 0.3) is 0 Å². The second kappa shape index (κ2) is 22.4. The standard InChI is InChI=1S/C26H50INO4/c1-23(2)15-11-7-5-9-13-21-31-25(29)17-19-28(27)20-18-26(30)32-22-14-10-6-8-12-16-24(3)4/h23-24H,5-22H2,1-4H3. The molecule has 0 N–H and O–H groups in total. The highest BCUT2D eigenvalue weighted by molar-refractivity contribution is 14.1. The van der Waals surface area contributed by atoms with Gasteiger partial charge in [0.15, 0.2) is 0 Å². The van der Waals surface area contributed by atoms with Gasteiger partial charge >= 0.3 is 11.9 Å². The second-order valence-corrected chi connectivity index (χ2v) is 11.1. The van der Waals surface area contributed by atoms with E-state index in [2.05, 4.69) is 50.6 Å². The number of esters is 2. The van der Waals surface area contributed by atoms with Crippen LogP contribution in [0.5, 0.6) is 0 Å². The molecule has 0 aliphatic rings. The number of ether oxygens (including phenoxy) is 2. The second-order valence-electron chi connectivity index (χ2n) is 9.75. The number of hydrogen-bond acceptors (Lipinski definition) is 5. The van der Waals surface area contributed by atoms with E-state index in [1.54, 1.807) is 0 Å². The predicted molar refractivity (Wildman–Crippen MR) is 142 cm³/mol. The average Bonchev–Trinajstić information content (AvgIpc) is 2.74. The highest BCUT2D eigenvalue weighted by atomic mass is 127. The van der Waals surface area contributed by atoms with Gasteiger partial charge in [-0.05, 0) is 24.7 Å². The number of carbonyl (C=O) groups is 2. The van der Waals surface area contributed by atoms with Crippen molar-refractivity contribution in [3.05, 3.63) is 0 Å². The van der Waals surface area contributed by atoms with Crippen molar-refractivity contribution >= 4 is 34.8 Å². The van der Waals surface area contributed by atoms with E-state index in [1.807, 2.05) is 3.11 Å². The summed E-state index contributed by atoms with van der Waals surface area (Å²) in [5.74, 6) is 1.28. The highest BCUT2D eigenvalue weighted by Gasteiger charge is 2.10. The van der Waals surface area contributed by atoms with E-state index in [0.717, 1.165) is 37.5 Å². The minimum atomic E-state index is -0.151. The zero-order chi connectivity index (χ0) is 24.0. The monoisotopic (exact) mass is 567 g/mol. The topological polar surface area (TPSA) is 55.8 Å². The van der Waals surface area contributed by atoms with Crippen LogP contribution in [0.15, 0.2) is 0 Å². The van der Waals surface area contributed by atoms with Crippen molar-refractivity contribution in [1.29, 1.82) is 0 Å². The van der Waals surface area contributed by atoms with Gasteiger partial charge in [-0.15, -0.1) is 0 Å². The molecule has 0 saturated carbocycles. The number of nitrogens with zero attached hydrogens (tertiary/aromatic N) is 1. The molecule has 0 aliphatic heterocycles. The molecule has 0 atom stereocenters. The van der Waals surface area contributed by atoms with Crippen molar-refractivity contribution < 1.29 is 19.1 Å². The molecular weight excluding hydrogens is 517 g/mol. The molecule has 0 saturated heterocycles. The number of unbranched alkanes of at least 4 members (excludes halogenated alkanes) is 8. The molecule has 190 valence electrons. The lowest BCUT2D eigenvalue weighted by molar-refractivity contribution is -0.144. The van der Waals surface area contributed by atoms with Crippen LogP contribution in [0.3, 0.4) is 0 Å². The maximum absolute atomic E-state index is 11.9. The zero-order valence-corrected chi connectivity index (χ0v) is 23.5. The molecule has 0 aromatic carbocycles. The van der Waals surface area contributed by atoms with Crippen LogP contribution in [-0.4, -0.2) is 41.4 Å². The van der Waals surface area contributed by atoms with Crippen LogP contribution in [-0.2, 0) is 19.1 Å². The number of halogens is 1. The minimum Gasteiger partial charge on any atom is -0.466 e. The summed E-state index contributed by atoms with van der Waals surface area (Å²) in [6, 6.07) is 0. The average molecular weight is 568 g/mol. The number of rotatable bonds is 22. The summed E-state index contributed by atoms with van der Waals surface area (Å²) in [6.07, 6.45) is 15.1. The van der Waals surface area contributed by atoms with Crippen LogP contribution in [0.4, 0.5) is 0 Å². The first-order valence-corrected chi connectivity index (χ1v) is 14.0. The molecule has 0 bridgehead atoms. The molecule has 0 amide bonds.